The van der Waals surface area contributed by atoms with E-state index >= 15 is 0 Å². The molecule has 1 aromatic carbocycles. The minimum Gasteiger partial charge on any atom is -0.496 e. The number of ether oxygens (including phenoxy) is 1. The maximum atomic E-state index is 5.40. The van der Waals surface area contributed by atoms with Crippen molar-refractivity contribution < 1.29 is 4.74 Å². The van der Waals surface area contributed by atoms with Crippen molar-refractivity contribution in [3.8, 4) is 5.75 Å². The van der Waals surface area contributed by atoms with Crippen LogP contribution < -0.4 is 10.1 Å². The van der Waals surface area contributed by atoms with Crippen molar-refractivity contribution in [3.05, 3.63) is 29.8 Å². The van der Waals surface area contributed by atoms with Gasteiger partial charge in [-0.3, -0.25) is 0 Å². The number of rotatable bonds is 3. The van der Waals surface area contributed by atoms with Crippen LogP contribution in [0.5, 0.6) is 5.75 Å². The van der Waals surface area contributed by atoms with Crippen LogP contribution in [0.2, 0.25) is 0 Å². The minimum absolute atomic E-state index is 0.651. The molecule has 15 heavy (non-hydrogen) atoms. The van der Waals surface area contributed by atoms with E-state index in [2.05, 4.69) is 30.4 Å². The lowest BCUT2D eigenvalue weighted by Crippen LogP contribution is -2.46. The lowest BCUT2D eigenvalue weighted by atomic mass is 9.67. The van der Waals surface area contributed by atoms with E-state index in [4.69, 9.17) is 4.74 Å². The van der Waals surface area contributed by atoms with Crippen LogP contribution in [-0.2, 0) is 0 Å². The summed E-state index contributed by atoms with van der Waals surface area (Å²) in [6, 6.07) is 9.03. The Kier molecular flexibility index (Phi) is 2.96. The van der Waals surface area contributed by atoms with Gasteiger partial charge in [0.15, 0.2) is 0 Å². The highest BCUT2D eigenvalue weighted by atomic mass is 16.5. The van der Waals surface area contributed by atoms with Crippen LogP contribution in [0.25, 0.3) is 0 Å². The maximum absolute atomic E-state index is 5.40. The number of hydrogen-bond donors (Lipinski definition) is 1. The molecule has 0 bridgehead atoms. The lowest BCUT2D eigenvalue weighted by molar-refractivity contribution is 0.190. The summed E-state index contributed by atoms with van der Waals surface area (Å²) < 4.78 is 5.40. The van der Waals surface area contributed by atoms with Crippen LogP contribution >= 0.6 is 0 Å². The first-order valence-electron chi connectivity index (χ1n) is 5.58. The molecule has 0 saturated heterocycles. The molecule has 0 radical (unpaired) electrons. The van der Waals surface area contributed by atoms with Crippen LogP contribution in [0.15, 0.2) is 24.3 Å². The molecule has 1 aliphatic carbocycles. The van der Waals surface area contributed by atoms with Crippen LogP contribution in [0.4, 0.5) is 0 Å². The van der Waals surface area contributed by atoms with E-state index in [-0.39, 0.29) is 0 Å². The summed E-state index contributed by atoms with van der Waals surface area (Å²) in [5, 5.41) is 3.35. The third kappa shape index (κ3) is 1.74. The third-order valence-electron chi connectivity index (χ3n) is 3.69. The second kappa shape index (κ2) is 4.23. The Morgan fingerprint density at radius 2 is 2.07 bits per heavy atom. The highest BCUT2D eigenvalue weighted by molar-refractivity contribution is 5.38. The predicted octanol–water partition coefficient (Wildman–Crippen LogP) is 2.41. The first kappa shape index (κ1) is 10.5. The smallest absolute Gasteiger partial charge is 0.122 e. The van der Waals surface area contributed by atoms with E-state index in [1.54, 1.807) is 7.11 Å². The van der Waals surface area contributed by atoms with Crippen molar-refractivity contribution in [2.75, 3.05) is 14.2 Å². The minimum atomic E-state index is 0.651. The molecule has 2 nitrogen and oxygen atoms in total. The number of methoxy groups -OCH3 is 1. The lowest BCUT2D eigenvalue weighted by Gasteiger charge is -2.43. The van der Waals surface area contributed by atoms with Crippen molar-refractivity contribution in [1.82, 2.24) is 5.32 Å². The first-order valence-corrected chi connectivity index (χ1v) is 5.58. The Morgan fingerprint density at radius 3 is 2.67 bits per heavy atom. The molecular formula is C13H19NO. The number of para-hydroxylation sites is 1. The highest BCUT2D eigenvalue weighted by Gasteiger charge is 2.38. The molecule has 1 aliphatic rings. The fourth-order valence-corrected chi connectivity index (χ4v) is 2.55. The normalized spacial score (nSPS) is 29.7. The molecule has 1 aromatic rings. The van der Waals surface area contributed by atoms with Crippen LogP contribution in [0.3, 0.4) is 0 Å². The molecule has 0 spiro atoms. The third-order valence-corrected chi connectivity index (χ3v) is 3.69. The van der Waals surface area contributed by atoms with Crippen molar-refractivity contribution in [3.63, 3.8) is 0 Å². The van der Waals surface area contributed by atoms with Gasteiger partial charge in [-0.25, -0.2) is 0 Å². The summed E-state index contributed by atoms with van der Waals surface area (Å²) in [7, 11) is 3.79. The highest BCUT2D eigenvalue weighted by Crippen LogP contribution is 2.45. The molecule has 0 amide bonds. The van der Waals surface area contributed by atoms with Crippen LogP contribution in [-0.4, -0.2) is 20.2 Å². The Balaban J connectivity index is 2.17. The maximum Gasteiger partial charge on any atom is 0.122 e. The zero-order valence-electron chi connectivity index (χ0n) is 9.66. The van der Waals surface area contributed by atoms with Gasteiger partial charge in [-0.05, 0) is 36.9 Å². The zero-order chi connectivity index (χ0) is 10.8. The molecule has 0 aromatic heterocycles. The van der Waals surface area contributed by atoms with Crippen LogP contribution in [0, 0.1) is 5.92 Å². The largest absolute Gasteiger partial charge is 0.496 e. The van der Waals surface area contributed by atoms with E-state index in [9.17, 15) is 0 Å². The molecule has 2 heteroatoms. The summed E-state index contributed by atoms with van der Waals surface area (Å²) in [5.41, 5.74) is 1.36. The molecule has 2 rings (SSSR count). The standard InChI is InChI=1S/C13H19NO/c1-9-11(8-12(9)14-2)10-6-4-5-7-13(10)15-3/h4-7,9,11-12,14H,8H2,1-3H3. The molecule has 1 saturated carbocycles. The average molecular weight is 205 g/mol. The molecule has 3 atom stereocenters. The molecule has 0 heterocycles. The van der Waals surface area contributed by atoms with Gasteiger partial charge in [-0.2, -0.15) is 0 Å². The van der Waals surface area contributed by atoms with Gasteiger partial charge < -0.3 is 10.1 Å². The van der Waals surface area contributed by atoms with Gasteiger partial charge in [-0.15, -0.1) is 0 Å². The van der Waals surface area contributed by atoms with Crippen LogP contribution in [0.1, 0.15) is 24.8 Å². The molecule has 0 aliphatic heterocycles. The Bertz CT molecular complexity index is 337. The summed E-state index contributed by atoms with van der Waals surface area (Å²) in [6.07, 6.45) is 1.22. The molecule has 1 fully saturated rings. The Labute approximate surface area is 91.6 Å². The van der Waals surface area contributed by atoms with E-state index in [1.807, 2.05) is 13.1 Å². The van der Waals surface area contributed by atoms with E-state index in [0.717, 1.165) is 5.75 Å². The van der Waals surface area contributed by atoms with Gasteiger partial charge in [0.1, 0.15) is 5.75 Å². The van der Waals surface area contributed by atoms with Crippen molar-refractivity contribution in [1.29, 1.82) is 0 Å². The van der Waals surface area contributed by atoms with E-state index in [1.165, 1.54) is 12.0 Å². The van der Waals surface area contributed by atoms with Crippen molar-refractivity contribution in [2.45, 2.75) is 25.3 Å². The van der Waals surface area contributed by atoms with Crippen molar-refractivity contribution >= 4 is 0 Å². The number of hydrogen-bond acceptors (Lipinski definition) is 2. The van der Waals surface area contributed by atoms with Gasteiger partial charge in [0.25, 0.3) is 0 Å². The second-order valence-electron chi connectivity index (χ2n) is 4.34. The summed E-state index contributed by atoms with van der Waals surface area (Å²) in [6.45, 7) is 2.31. The fraction of sp³-hybridized carbons (Fsp3) is 0.538. The topological polar surface area (TPSA) is 21.3 Å². The van der Waals surface area contributed by atoms with E-state index in [0.29, 0.717) is 17.9 Å². The first-order chi connectivity index (χ1) is 7.27. The van der Waals surface area contributed by atoms with Crippen molar-refractivity contribution in [2.24, 2.45) is 5.92 Å². The zero-order valence-corrected chi connectivity index (χ0v) is 9.66. The number of benzene rings is 1. The Morgan fingerprint density at radius 1 is 1.33 bits per heavy atom. The second-order valence-corrected chi connectivity index (χ2v) is 4.34. The predicted molar refractivity (Wildman–Crippen MR) is 62.4 cm³/mol. The quantitative estimate of drug-likeness (QED) is 0.818. The average Bonchev–Trinajstić information content (AvgIpc) is 2.28. The van der Waals surface area contributed by atoms with Gasteiger partial charge in [0.2, 0.25) is 0 Å². The van der Waals surface area contributed by atoms with Gasteiger partial charge in [0, 0.05) is 6.04 Å². The SMILES string of the molecule is CNC1CC(c2ccccc2OC)C1C. The summed E-state index contributed by atoms with van der Waals surface area (Å²) in [5.74, 6) is 2.38. The number of nitrogens with one attached hydrogen (secondary N) is 1. The summed E-state index contributed by atoms with van der Waals surface area (Å²) >= 11 is 0. The van der Waals surface area contributed by atoms with Gasteiger partial charge in [0.05, 0.1) is 7.11 Å². The Hall–Kier alpha value is -1.02. The molecule has 3 unspecified atom stereocenters. The molecule has 82 valence electrons. The van der Waals surface area contributed by atoms with Gasteiger partial charge >= 0.3 is 0 Å². The molecule has 1 N–H and O–H groups in total. The summed E-state index contributed by atoms with van der Waals surface area (Å²) in [4.78, 5) is 0. The fourth-order valence-electron chi connectivity index (χ4n) is 2.55. The monoisotopic (exact) mass is 205 g/mol. The van der Waals surface area contributed by atoms with E-state index < -0.39 is 0 Å². The van der Waals surface area contributed by atoms with Gasteiger partial charge in [-0.1, -0.05) is 25.1 Å². The molecular weight excluding hydrogens is 186 g/mol.